The second-order valence-electron chi connectivity index (χ2n) is 8.26. The van der Waals surface area contributed by atoms with Gasteiger partial charge in [0.15, 0.2) is 0 Å². The SMILES string of the molecule is c1ccc2c(c1)OC[C@H](N1CCCC1)[C@H]2Nc1ncnc2[nH]c(C3CC3)cc12. The number of benzene rings is 1. The van der Waals surface area contributed by atoms with Crippen molar-refractivity contribution >= 4 is 16.9 Å². The molecule has 2 atom stereocenters. The van der Waals surface area contributed by atoms with Crippen LogP contribution in [-0.2, 0) is 0 Å². The normalized spacial score (nSPS) is 24.9. The summed E-state index contributed by atoms with van der Waals surface area (Å²) in [5, 5.41) is 4.88. The predicted molar refractivity (Wildman–Crippen MR) is 109 cm³/mol. The van der Waals surface area contributed by atoms with E-state index in [1.165, 1.54) is 36.9 Å². The van der Waals surface area contributed by atoms with Crippen molar-refractivity contribution in [2.45, 2.75) is 43.7 Å². The predicted octanol–water partition coefficient (Wildman–Crippen LogP) is 3.85. The summed E-state index contributed by atoms with van der Waals surface area (Å²) in [6, 6.07) is 11.1. The highest BCUT2D eigenvalue weighted by Crippen LogP contribution is 2.42. The fourth-order valence-electron chi connectivity index (χ4n) is 4.75. The van der Waals surface area contributed by atoms with E-state index < -0.39 is 0 Å². The van der Waals surface area contributed by atoms with Crippen LogP contribution < -0.4 is 10.1 Å². The van der Waals surface area contributed by atoms with Gasteiger partial charge in [0, 0.05) is 11.3 Å². The molecule has 2 aliphatic heterocycles. The van der Waals surface area contributed by atoms with Crippen LogP contribution in [0.4, 0.5) is 5.82 Å². The first-order valence-corrected chi connectivity index (χ1v) is 10.4. The number of anilines is 1. The number of aromatic amines is 1. The van der Waals surface area contributed by atoms with Crippen molar-refractivity contribution in [3.05, 3.63) is 47.9 Å². The third kappa shape index (κ3) is 2.75. The summed E-state index contributed by atoms with van der Waals surface area (Å²) in [6.07, 6.45) is 6.74. The Morgan fingerprint density at radius 1 is 1.11 bits per heavy atom. The lowest BCUT2D eigenvalue weighted by Gasteiger charge is -2.39. The van der Waals surface area contributed by atoms with E-state index in [4.69, 9.17) is 4.74 Å². The van der Waals surface area contributed by atoms with Crippen molar-refractivity contribution in [3.8, 4) is 5.75 Å². The average molecular weight is 375 g/mol. The molecule has 6 nitrogen and oxygen atoms in total. The Bertz CT molecular complexity index is 1010. The molecule has 1 saturated heterocycles. The summed E-state index contributed by atoms with van der Waals surface area (Å²) in [6.45, 7) is 3.00. The fourth-order valence-corrected chi connectivity index (χ4v) is 4.75. The van der Waals surface area contributed by atoms with Gasteiger partial charge in [-0.05, 0) is 56.8 Å². The summed E-state index contributed by atoms with van der Waals surface area (Å²) in [5.41, 5.74) is 3.44. The lowest BCUT2D eigenvalue weighted by Crippen LogP contribution is -2.47. The highest BCUT2D eigenvalue weighted by atomic mass is 16.5. The Hall–Kier alpha value is -2.60. The molecule has 2 fully saturated rings. The number of para-hydroxylation sites is 1. The maximum absolute atomic E-state index is 6.13. The van der Waals surface area contributed by atoms with Gasteiger partial charge in [0.1, 0.15) is 30.1 Å². The van der Waals surface area contributed by atoms with E-state index in [-0.39, 0.29) is 6.04 Å². The molecule has 0 amide bonds. The van der Waals surface area contributed by atoms with Crippen LogP contribution in [0, 0.1) is 0 Å². The second kappa shape index (κ2) is 6.48. The first kappa shape index (κ1) is 16.4. The topological polar surface area (TPSA) is 66.1 Å². The Labute approximate surface area is 164 Å². The third-order valence-electron chi connectivity index (χ3n) is 6.41. The minimum atomic E-state index is 0.153. The van der Waals surface area contributed by atoms with Crippen LogP contribution in [0.3, 0.4) is 0 Å². The largest absolute Gasteiger partial charge is 0.491 e. The third-order valence-corrected chi connectivity index (χ3v) is 6.41. The Balaban J connectivity index is 1.40. The van der Waals surface area contributed by atoms with E-state index in [2.05, 4.69) is 49.4 Å². The van der Waals surface area contributed by atoms with Gasteiger partial charge >= 0.3 is 0 Å². The second-order valence-corrected chi connectivity index (χ2v) is 8.26. The molecule has 3 aromatic rings. The van der Waals surface area contributed by atoms with Crippen molar-refractivity contribution in [2.24, 2.45) is 0 Å². The molecule has 2 N–H and O–H groups in total. The molecule has 0 unspecified atom stereocenters. The molecule has 6 rings (SSSR count). The molecule has 1 aliphatic carbocycles. The molecule has 144 valence electrons. The highest BCUT2D eigenvalue weighted by Gasteiger charge is 2.36. The molecule has 4 heterocycles. The molecule has 0 radical (unpaired) electrons. The quantitative estimate of drug-likeness (QED) is 0.725. The number of rotatable bonds is 4. The summed E-state index contributed by atoms with van der Waals surface area (Å²) in [7, 11) is 0. The molecule has 2 aromatic heterocycles. The van der Waals surface area contributed by atoms with E-state index in [1.807, 2.05) is 6.07 Å². The molecular formula is C22H25N5O. The summed E-state index contributed by atoms with van der Waals surface area (Å²) in [4.78, 5) is 15.2. The summed E-state index contributed by atoms with van der Waals surface area (Å²) in [5.74, 6) is 2.57. The number of likely N-dealkylation sites (tertiary alicyclic amines) is 1. The molecule has 1 saturated carbocycles. The van der Waals surface area contributed by atoms with Gasteiger partial charge in [0.05, 0.1) is 17.5 Å². The van der Waals surface area contributed by atoms with Crippen molar-refractivity contribution in [1.29, 1.82) is 0 Å². The van der Waals surface area contributed by atoms with E-state index in [1.54, 1.807) is 6.33 Å². The van der Waals surface area contributed by atoms with Crippen LogP contribution in [0.1, 0.15) is 48.9 Å². The molecule has 1 aromatic carbocycles. The number of ether oxygens (including phenoxy) is 1. The van der Waals surface area contributed by atoms with Gasteiger partial charge in [-0.15, -0.1) is 0 Å². The standard InChI is InChI=1S/C22H25N5O/c1-2-6-19-15(5-1)20(18(12-28-19)27-9-3-4-10-27)26-22-16-11-17(14-7-8-14)25-21(16)23-13-24-22/h1-2,5-6,11,13-14,18,20H,3-4,7-10,12H2,(H2,23,24,25,26)/t18-,20-/m0/s1. The van der Waals surface area contributed by atoms with Gasteiger partial charge in [0.2, 0.25) is 0 Å². The zero-order chi connectivity index (χ0) is 18.5. The van der Waals surface area contributed by atoms with Crippen molar-refractivity contribution in [3.63, 3.8) is 0 Å². The highest BCUT2D eigenvalue weighted by molar-refractivity contribution is 5.88. The first-order valence-electron chi connectivity index (χ1n) is 10.4. The lowest BCUT2D eigenvalue weighted by molar-refractivity contribution is 0.124. The van der Waals surface area contributed by atoms with Gasteiger partial charge < -0.3 is 15.0 Å². The summed E-state index contributed by atoms with van der Waals surface area (Å²) < 4.78 is 6.13. The number of H-pyrrole nitrogens is 1. The first-order chi connectivity index (χ1) is 13.9. The van der Waals surface area contributed by atoms with Crippen molar-refractivity contribution in [1.82, 2.24) is 19.9 Å². The Morgan fingerprint density at radius 2 is 1.96 bits per heavy atom. The van der Waals surface area contributed by atoms with E-state index in [9.17, 15) is 0 Å². The number of aromatic nitrogens is 3. The minimum absolute atomic E-state index is 0.153. The van der Waals surface area contributed by atoms with Gasteiger partial charge in [-0.25, -0.2) is 9.97 Å². The van der Waals surface area contributed by atoms with Gasteiger partial charge in [-0.3, -0.25) is 4.90 Å². The van der Waals surface area contributed by atoms with E-state index in [0.717, 1.165) is 35.7 Å². The van der Waals surface area contributed by atoms with E-state index >= 15 is 0 Å². The molecule has 6 heteroatoms. The van der Waals surface area contributed by atoms with Crippen molar-refractivity contribution in [2.75, 3.05) is 25.0 Å². The lowest BCUT2D eigenvalue weighted by atomic mass is 9.95. The maximum atomic E-state index is 6.13. The van der Waals surface area contributed by atoms with Crippen LogP contribution in [0.5, 0.6) is 5.75 Å². The van der Waals surface area contributed by atoms with Crippen LogP contribution in [0.15, 0.2) is 36.7 Å². The van der Waals surface area contributed by atoms with Crippen molar-refractivity contribution < 1.29 is 4.74 Å². The van der Waals surface area contributed by atoms with E-state index in [0.29, 0.717) is 18.6 Å². The monoisotopic (exact) mass is 375 g/mol. The molecule has 0 bridgehead atoms. The average Bonchev–Trinajstić information content (AvgIpc) is 3.25. The fraction of sp³-hybridized carbons (Fsp3) is 0.455. The number of nitrogens with one attached hydrogen (secondary N) is 2. The number of hydrogen-bond acceptors (Lipinski definition) is 5. The Kier molecular flexibility index (Phi) is 3.79. The van der Waals surface area contributed by atoms with Crippen LogP contribution in [-0.4, -0.2) is 45.6 Å². The van der Waals surface area contributed by atoms with Gasteiger partial charge in [0.25, 0.3) is 0 Å². The van der Waals surface area contributed by atoms with Crippen LogP contribution in [0.25, 0.3) is 11.0 Å². The molecule has 3 aliphatic rings. The smallest absolute Gasteiger partial charge is 0.143 e. The van der Waals surface area contributed by atoms with Crippen LogP contribution >= 0.6 is 0 Å². The van der Waals surface area contributed by atoms with Crippen LogP contribution in [0.2, 0.25) is 0 Å². The number of hydrogen-bond donors (Lipinski definition) is 2. The maximum Gasteiger partial charge on any atom is 0.143 e. The number of fused-ring (bicyclic) bond motifs is 2. The zero-order valence-corrected chi connectivity index (χ0v) is 15.9. The minimum Gasteiger partial charge on any atom is -0.491 e. The molecular weight excluding hydrogens is 350 g/mol. The number of nitrogens with zero attached hydrogens (tertiary/aromatic N) is 3. The van der Waals surface area contributed by atoms with Gasteiger partial charge in [-0.1, -0.05) is 18.2 Å². The molecule has 28 heavy (non-hydrogen) atoms. The Morgan fingerprint density at radius 3 is 2.82 bits per heavy atom. The molecule has 0 spiro atoms. The van der Waals surface area contributed by atoms with Gasteiger partial charge in [-0.2, -0.15) is 0 Å². The zero-order valence-electron chi connectivity index (χ0n) is 15.9. The summed E-state index contributed by atoms with van der Waals surface area (Å²) >= 11 is 0.